The van der Waals surface area contributed by atoms with Gasteiger partial charge in [0, 0.05) is 6.04 Å². The molecule has 0 aliphatic rings. The minimum absolute atomic E-state index is 0.102. The zero-order chi connectivity index (χ0) is 7.98. The number of aliphatic hydroxyl groups excluding tert-OH is 1. The van der Waals surface area contributed by atoms with Crippen LogP contribution in [0.1, 0.15) is 13.8 Å². The molecule has 0 radical (unpaired) electrons. The molecule has 0 fully saturated rings. The lowest BCUT2D eigenvalue weighted by Crippen LogP contribution is -2.35. The third-order valence-corrected chi connectivity index (χ3v) is 1.57. The maximum atomic E-state index is 8.71. The molecule has 0 aromatic carbocycles. The van der Waals surface area contributed by atoms with Crippen molar-refractivity contribution in [1.29, 1.82) is 5.26 Å². The molecule has 3 heteroatoms. The SMILES string of the molecule is CCN(CC#N)[C@H](C)CO. The summed E-state index contributed by atoms with van der Waals surface area (Å²) >= 11 is 0. The van der Waals surface area contributed by atoms with Crippen molar-refractivity contribution >= 4 is 0 Å². The second-order valence-corrected chi connectivity index (χ2v) is 2.25. The van der Waals surface area contributed by atoms with E-state index in [0.717, 1.165) is 6.54 Å². The van der Waals surface area contributed by atoms with Crippen LogP contribution in [0.25, 0.3) is 0 Å². The molecule has 0 unspecified atom stereocenters. The van der Waals surface area contributed by atoms with Crippen LogP contribution in [0.4, 0.5) is 0 Å². The number of hydrogen-bond acceptors (Lipinski definition) is 3. The van der Waals surface area contributed by atoms with Crippen molar-refractivity contribution in [1.82, 2.24) is 4.90 Å². The minimum Gasteiger partial charge on any atom is -0.395 e. The Kier molecular flexibility index (Phi) is 4.91. The minimum atomic E-state index is 0.102. The first kappa shape index (κ1) is 9.41. The van der Waals surface area contributed by atoms with Crippen LogP contribution in [-0.2, 0) is 0 Å². The molecular weight excluding hydrogens is 128 g/mol. The lowest BCUT2D eigenvalue weighted by molar-refractivity contribution is 0.153. The van der Waals surface area contributed by atoms with Crippen molar-refractivity contribution in [2.45, 2.75) is 19.9 Å². The van der Waals surface area contributed by atoms with Crippen LogP contribution in [0.15, 0.2) is 0 Å². The molecule has 1 N–H and O–H groups in total. The molecule has 0 aromatic heterocycles. The fourth-order valence-electron chi connectivity index (χ4n) is 0.786. The molecule has 0 amide bonds. The maximum absolute atomic E-state index is 8.71. The van der Waals surface area contributed by atoms with Gasteiger partial charge in [-0.05, 0) is 13.5 Å². The van der Waals surface area contributed by atoms with Gasteiger partial charge in [0.2, 0.25) is 0 Å². The predicted molar refractivity (Wildman–Crippen MR) is 39.4 cm³/mol. The Bertz CT molecular complexity index is 119. The molecule has 0 aromatic rings. The van der Waals surface area contributed by atoms with Crippen molar-refractivity contribution in [3.05, 3.63) is 0 Å². The average Bonchev–Trinajstić information content (AvgIpc) is 1.99. The lowest BCUT2D eigenvalue weighted by Gasteiger charge is -2.22. The Balaban J connectivity index is 3.70. The molecule has 0 aliphatic heterocycles. The van der Waals surface area contributed by atoms with E-state index in [1.165, 1.54) is 0 Å². The molecule has 0 spiro atoms. The smallest absolute Gasteiger partial charge is 0.0868 e. The number of nitriles is 1. The summed E-state index contributed by atoms with van der Waals surface area (Å²) in [6.07, 6.45) is 0. The van der Waals surface area contributed by atoms with E-state index >= 15 is 0 Å². The topological polar surface area (TPSA) is 47.3 Å². The third kappa shape index (κ3) is 2.81. The summed E-state index contributed by atoms with van der Waals surface area (Å²) in [7, 11) is 0. The van der Waals surface area contributed by atoms with E-state index in [2.05, 4.69) is 0 Å². The van der Waals surface area contributed by atoms with E-state index in [1.54, 1.807) is 0 Å². The van der Waals surface area contributed by atoms with Crippen molar-refractivity contribution in [3.63, 3.8) is 0 Å². The van der Waals surface area contributed by atoms with Crippen LogP contribution >= 0.6 is 0 Å². The molecule has 10 heavy (non-hydrogen) atoms. The largest absolute Gasteiger partial charge is 0.395 e. The summed E-state index contributed by atoms with van der Waals surface area (Å²) in [5, 5.41) is 17.1. The molecule has 0 rings (SSSR count). The number of rotatable bonds is 4. The van der Waals surface area contributed by atoms with Gasteiger partial charge in [0.25, 0.3) is 0 Å². The quantitative estimate of drug-likeness (QED) is 0.571. The Hall–Kier alpha value is -0.590. The van der Waals surface area contributed by atoms with Crippen LogP contribution in [0.2, 0.25) is 0 Å². The van der Waals surface area contributed by atoms with Crippen LogP contribution in [0.5, 0.6) is 0 Å². The Morgan fingerprint density at radius 1 is 1.70 bits per heavy atom. The molecule has 0 aliphatic carbocycles. The number of likely N-dealkylation sites (N-methyl/N-ethyl adjacent to an activating group) is 1. The molecule has 1 atom stereocenters. The van der Waals surface area contributed by atoms with Gasteiger partial charge in [0.1, 0.15) is 0 Å². The van der Waals surface area contributed by atoms with Crippen molar-refractivity contribution in [3.8, 4) is 6.07 Å². The summed E-state index contributed by atoms with van der Waals surface area (Å²) in [5.41, 5.74) is 0. The van der Waals surface area contributed by atoms with Gasteiger partial charge in [-0.3, -0.25) is 4.90 Å². The monoisotopic (exact) mass is 142 g/mol. The van der Waals surface area contributed by atoms with E-state index in [0.29, 0.717) is 6.54 Å². The Morgan fingerprint density at radius 2 is 2.30 bits per heavy atom. The second kappa shape index (κ2) is 5.21. The molecule has 3 nitrogen and oxygen atoms in total. The van der Waals surface area contributed by atoms with Crippen LogP contribution < -0.4 is 0 Å². The average molecular weight is 142 g/mol. The van der Waals surface area contributed by atoms with Gasteiger partial charge in [-0.25, -0.2) is 0 Å². The lowest BCUT2D eigenvalue weighted by atomic mass is 10.3. The van der Waals surface area contributed by atoms with Crippen LogP contribution in [0.3, 0.4) is 0 Å². The normalized spacial score (nSPS) is 13.1. The number of aliphatic hydroxyl groups is 1. The summed E-state index contributed by atoms with van der Waals surface area (Å²) in [6, 6.07) is 2.15. The number of hydrogen-bond donors (Lipinski definition) is 1. The van der Waals surface area contributed by atoms with E-state index in [4.69, 9.17) is 10.4 Å². The first-order valence-corrected chi connectivity index (χ1v) is 3.48. The fraction of sp³-hybridized carbons (Fsp3) is 0.857. The standard InChI is InChI=1S/C7H14N2O/c1-3-9(5-4-8)7(2)6-10/h7,10H,3,5-6H2,1-2H3/t7-/m1/s1. The third-order valence-electron chi connectivity index (χ3n) is 1.57. The van der Waals surface area contributed by atoms with Crippen molar-refractivity contribution in [2.75, 3.05) is 19.7 Å². The first-order chi connectivity index (χ1) is 4.76. The number of nitrogens with zero attached hydrogens (tertiary/aromatic N) is 2. The second-order valence-electron chi connectivity index (χ2n) is 2.25. The van der Waals surface area contributed by atoms with Crippen molar-refractivity contribution in [2.24, 2.45) is 0 Å². The molecular formula is C7H14N2O. The van der Waals surface area contributed by atoms with Gasteiger partial charge in [-0.1, -0.05) is 6.92 Å². The van der Waals surface area contributed by atoms with E-state index in [1.807, 2.05) is 24.8 Å². The van der Waals surface area contributed by atoms with Gasteiger partial charge in [-0.2, -0.15) is 5.26 Å². The highest BCUT2D eigenvalue weighted by molar-refractivity contribution is 4.78. The van der Waals surface area contributed by atoms with Gasteiger partial charge >= 0.3 is 0 Å². The van der Waals surface area contributed by atoms with Gasteiger partial charge < -0.3 is 5.11 Å². The molecule has 0 saturated carbocycles. The van der Waals surface area contributed by atoms with Crippen LogP contribution in [-0.4, -0.2) is 35.7 Å². The highest BCUT2D eigenvalue weighted by atomic mass is 16.3. The summed E-state index contributed by atoms with van der Waals surface area (Å²) in [6.45, 7) is 5.22. The van der Waals surface area contributed by atoms with Gasteiger partial charge in [-0.15, -0.1) is 0 Å². The highest BCUT2D eigenvalue weighted by Gasteiger charge is 2.08. The zero-order valence-electron chi connectivity index (χ0n) is 6.54. The summed E-state index contributed by atoms with van der Waals surface area (Å²) in [5.74, 6) is 0. The Labute approximate surface area is 61.9 Å². The highest BCUT2D eigenvalue weighted by Crippen LogP contribution is 1.95. The molecule has 0 heterocycles. The Morgan fingerprint density at radius 3 is 2.60 bits per heavy atom. The van der Waals surface area contributed by atoms with E-state index < -0.39 is 0 Å². The van der Waals surface area contributed by atoms with E-state index in [9.17, 15) is 0 Å². The zero-order valence-corrected chi connectivity index (χ0v) is 6.54. The van der Waals surface area contributed by atoms with E-state index in [-0.39, 0.29) is 12.6 Å². The fourth-order valence-corrected chi connectivity index (χ4v) is 0.786. The van der Waals surface area contributed by atoms with Gasteiger partial charge in [0.15, 0.2) is 0 Å². The van der Waals surface area contributed by atoms with Crippen LogP contribution in [0, 0.1) is 11.3 Å². The first-order valence-electron chi connectivity index (χ1n) is 3.48. The molecule has 0 bridgehead atoms. The molecule has 0 saturated heterocycles. The predicted octanol–water partition coefficient (Wildman–Crippen LogP) is 0.213. The summed E-state index contributed by atoms with van der Waals surface area (Å²) < 4.78 is 0. The maximum Gasteiger partial charge on any atom is 0.0868 e. The van der Waals surface area contributed by atoms with Gasteiger partial charge in [0.05, 0.1) is 19.2 Å². The molecule has 58 valence electrons. The van der Waals surface area contributed by atoms with Crippen molar-refractivity contribution < 1.29 is 5.11 Å². The summed E-state index contributed by atoms with van der Waals surface area (Å²) in [4.78, 5) is 1.92.